The van der Waals surface area contributed by atoms with Gasteiger partial charge in [0.25, 0.3) is 11.7 Å². The Morgan fingerprint density at radius 1 is 1.26 bits per heavy atom. The van der Waals surface area contributed by atoms with Crippen molar-refractivity contribution in [3.05, 3.63) is 29.3 Å². The van der Waals surface area contributed by atoms with Crippen molar-refractivity contribution >= 4 is 17.4 Å². The number of nitrogens with zero attached hydrogens (tertiary/aromatic N) is 1. The van der Waals surface area contributed by atoms with Crippen molar-refractivity contribution in [2.75, 3.05) is 24.7 Å². The number of Topliss-reactive ketones (excluding diaryl/α,β-unsaturated/α-hetero) is 1. The third-order valence-electron chi connectivity index (χ3n) is 2.87. The lowest BCUT2D eigenvalue weighted by atomic mass is 10.1. The van der Waals surface area contributed by atoms with E-state index in [0.29, 0.717) is 25.7 Å². The van der Waals surface area contributed by atoms with Crippen LogP contribution in [-0.2, 0) is 9.53 Å². The summed E-state index contributed by atoms with van der Waals surface area (Å²) in [6.45, 7) is 3.00. The highest BCUT2D eigenvalue weighted by Crippen LogP contribution is 2.31. The molecule has 6 heteroatoms. The van der Waals surface area contributed by atoms with E-state index in [9.17, 15) is 18.4 Å². The minimum Gasteiger partial charge on any atom is -0.382 e. The fourth-order valence-corrected chi connectivity index (χ4v) is 2.03. The summed E-state index contributed by atoms with van der Waals surface area (Å²) in [5.41, 5.74) is -0.341. The number of rotatable bonds is 5. The molecule has 0 unspecified atom stereocenters. The van der Waals surface area contributed by atoms with Gasteiger partial charge < -0.3 is 9.64 Å². The molecule has 1 aromatic rings. The highest BCUT2D eigenvalue weighted by molar-refractivity contribution is 6.52. The lowest BCUT2D eigenvalue weighted by Crippen LogP contribution is -2.31. The van der Waals surface area contributed by atoms with Crippen molar-refractivity contribution in [1.82, 2.24) is 0 Å². The first-order chi connectivity index (χ1) is 9.06. The Balaban J connectivity index is 2.23. The summed E-state index contributed by atoms with van der Waals surface area (Å²) < 4.78 is 31.8. The van der Waals surface area contributed by atoms with Crippen LogP contribution in [0, 0.1) is 11.6 Å². The number of carbonyl (C=O) groups is 2. The van der Waals surface area contributed by atoms with Crippen LogP contribution in [0.1, 0.15) is 23.7 Å². The largest absolute Gasteiger partial charge is 0.382 e. The lowest BCUT2D eigenvalue weighted by molar-refractivity contribution is -0.114. The van der Waals surface area contributed by atoms with E-state index in [-0.39, 0.29) is 17.8 Å². The van der Waals surface area contributed by atoms with Crippen molar-refractivity contribution in [2.45, 2.75) is 13.3 Å². The van der Waals surface area contributed by atoms with Crippen LogP contribution < -0.4 is 4.90 Å². The van der Waals surface area contributed by atoms with E-state index in [1.807, 2.05) is 6.92 Å². The van der Waals surface area contributed by atoms with Crippen molar-refractivity contribution in [3.63, 3.8) is 0 Å². The summed E-state index contributed by atoms with van der Waals surface area (Å²) in [4.78, 5) is 24.5. The van der Waals surface area contributed by atoms with Crippen molar-refractivity contribution in [3.8, 4) is 0 Å². The molecule has 0 aliphatic carbocycles. The topological polar surface area (TPSA) is 46.6 Å². The molecule has 1 aromatic carbocycles. The lowest BCUT2D eigenvalue weighted by Gasteiger charge is -2.16. The van der Waals surface area contributed by atoms with Gasteiger partial charge in [-0.3, -0.25) is 9.59 Å². The zero-order valence-corrected chi connectivity index (χ0v) is 10.4. The molecule has 0 bridgehead atoms. The van der Waals surface area contributed by atoms with Crippen LogP contribution in [0.3, 0.4) is 0 Å². The maximum atomic E-state index is 13.5. The second kappa shape index (κ2) is 5.44. The summed E-state index contributed by atoms with van der Waals surface area (Å²) >= 11 is 0. The first kappa shape index (κ1) is 13.6. The van der Waals surface area contributed by atoms with Crippen LogP contribution in [0.2, 0.25) is 0 Å². The quantitative estimate of drug-likeness (QED) is 0.606. The Morgan fingerprint density at radius 2 is 2.00 bits per heavy atom. The molecule has 0 N–H and O–H groups in total. The molecule has 2 rings (SSSR count). The van der Waals surface area contributed by atoms with E-state index in [0.717, 1.165) is 11.0 Å². The maximum Gasteiger partial charge on any atom is 0.299 e. The maximum absolute atomic E-state index is 13.5. The van der Waals surface area contributed by atoms with Crippen LogP contribution in [0.5, 0.6) is 0 Å². The van der Waals surface area contributed by atoms with Crippen LogP contribution in [0.15, 0.2) is 12.1 Å². The minimum absolute atomic E-state index is 0.00370. The first-order valence-corrected chi connectivity index (χ1v) is 5.99. The third-order valence-corrected chi connectivity index (χ3v) is 2.87. The van der Waals surface area contributed by atoms with Gasteiger partial charge in [0.15, 0.2) is 0 Å². The summed E-state index contributed by atoms with van der Waals surface area (Å²) in [7, 11) is 0. The molecule has 1 aliphatic heterocycles. The normalized spacial score (nSPS) is 14.2. The molecule has 4 nitrogen and oxygen atoms in total. The smallest absolute Gasteiger partial charge is 0.299 e. The van der Waals surface area contributed by atoms with E-state index in [4.69, 9.17) is 4.74 Å². The van der Waals surface area contributed by atoms with Gasteiger partial charge >= 0.3 is 0 Å². The van der Waals surface area contributed by atoms with Crippen LogP contribution in [0.25, 0.3) is 0 Å². The highest BCUT2D eigenvalue weighted by Gasteiger charge is 2.38. The molecule has 0 atom stereocenters. The number of halogens is 2. The van der Waals surface area contributed by atoms with E-state index < -0.39 is 23.3 Å². The van der Waals surface area contributed by atoms with Gasteiger partial charge in [-0.25, -0.2) is 8.78 Å². The number of ether oxygens (including phenoxy) is 1. The fraction of sp³-hybridized carbons (Fsp3) is 0.385. The van der Waals surface area contributed by atoms with Crippen molar-refractivity contribution < 1.29 is 23.1 Å². The monoisotopic (exact) mass is 269 g/mol. The molecule has 0 saturated carbocycles. The Morgan fingerprint density at radius 3 is 2.68 bits per heavy atom. The van der Waals surface area contributed by atoms with Crippen molar-refractivity contribution in [1.29, 1.82) is 0 Å². The number of ketones is 1. The predicted molar refractivity (Wildman–Crippen MR) is 64.2 cm³/mol. The number of carbonyl (C=O) groups excluding carboxylic acids is 2. The molecule has 0 aromatic heterocycles. The molecule has 1 amide bonds. The van der Waals surface area contributed by atoms with Gasteiger partial charge in [-0.2, -0.15) is 0 Å². The molecule has 0 spiro atoms. The van der Waals surface area contributed by atoms with Gasteiger partial charge in [0.05, 0.1) is 11.3 Å². The molecular formula is C13H13F2NO3. The van der Waals surface area contributed by atoms with Crippen LogP contribution in [0.4, 0.5) is 14.5 Å². The van der Waals surface area contributed by atoms with E-state index in [2.05, 4.69) is 0 Å². The summed E-state index contributed by atoms with van der Waals surface area (Å²) in [5.74, 6) is -3.56. The molecule has 1 heterocycles. The van der Waals surface area contributed by atoms with Gasteiger partial charge in [-0.15, -0.1) is 0 Å². The van der Waals surface area contributed by atoms with Gasteiger partial charge in [-0.05, 0) is 19.4 Å². The van der Waals surface area contributed by atoms with Crippen LogP contribution in [-0.4, -0.2) is 31.4 Å². The minimum atomic E-state index is -0.999. The van der Waals surface area contributed by atoms with Crippen molar-refractivity contribution in [2.24, 2.45) is 0 Å². The molecule has 0 radical (unpaired) electrons. The Hall–Kier alpha value is -1.82. The molecular weight excluding hydrogens is 256 g/mol. The van der Waals surface area contributed by atoms with Gasteiger partial charge in [0.1, 0.15) is 11.6 Å². The molecule has 0 saturated heterocycles. The zero-order chi connectivity index (χ0) is 14.0. The average molecular weight is 269 g/mol. The van der Waals surface area contributed by atoms with Gasteiger partial charge in [0.2, 0.25) is 0 Å². The van der Waals surface area contributed by atoms with Crippen LogP contribution >= 0.6 is 0 Å². The summed E-state index contributed by atoms with van der Waals surface area (Å²) in [6.07, 6.45) is 0.491. The number of amides is 1. The molecule has 102 valence electrons. The van der Waals surface area contributed by atoms with Gasteiger partial charge in [-0.1, -0.05) is 0 Å². The highest BCUT2D eigenvalue weighted by atomic mass is 19.1. The predicted octanol–water partition coefficient (Wildman–Crippen LogP) is 1.92. The number of fused-ring (bicyclic) bond motifs is 1. The number of hydrogen-bond donors (Lipinski definition) is 0. The molecule has 1 aliphatic rings. The Bertz CT molecular complexity index is 531. The second-order valence-corrected chi connectivity index (χ2v) is 4.12. The molecule has 0 fully saturated rings. The fourth-order valence-electron chi connectivity index (χ4n) is 2.03. The standard InChI is InChI=1S/C13H13F2NO3/c1-2-19-5-3-4-16-10-7-8(14)6-9(15)11(10)12(17)13(16)18/h6-7H,2-5H2,1H3. The van der Waals surface area contributed by atoms with E-state index >= 15 is 0 Å². The number of anilines is 1. The molecule has 19 heavy (non-hydrogen) atoms. The number of hydrogen-bond acceptors (Lipinski definition) is 3. The Labute approximate surface area is 109 Å². The SMILES string of the molecule is CCOCCCN1C(=O)C(=O)c2c(F)cc(F)cc21. The third kappa shape index (κ3) is 2.49. The summed E-state index contributed by atoms with van der Waals surface area (Å²) in [5, 5.41) is 0. The zero-order valence-electron chi connectivity index (χ0n) is 10.4. The van der Waals surface area contributed by atoms with Gasteiger partial charge in [0, 0.05) is 25.8 Å². The summed E-state index contributed by atoms with van der Waals surface area (Å²) in [6, 6.07) is 1.61. The Kier molecular flexibility index (Phi) is 3.90. The van der Waals surface area contributed by atoms with E-state index in [1.165, 1.54) is 0 Å². The van der Waals surface area contributed by atoms with E-state index in [1.54, 1.807) is 0 Å². The number of benzene rings is 1. The second-order valence-electron chi connectivity index (χ2n) is 4.12. The first-order valence-electron chi connectivity index (χ1n) is 5.99. The average Bonchev–Trinajstić information content (AvgIpc) is 2.59.